The SMILES string of the molecule is COc1cc(N)c(Cl)cc1C(=O)OCC(=O)N1N=C(c2ccc(Cl)cc2)C[C@H]1c1ccco1. The van der Waals surface area contributed by atoms with E-state index in [1.54, 1.807) is 24.3 Å². The number of benzene rings is 2. The molecular weight excluding hydrogens is 469 g/mol. The zero-order valence-electron chi connectivity index (χ0n) is 17.5. The van der Waals surface area contributed by atoms with E-state index in [9.17, 15) is 9.59 Å². The summed E-state index contributed by atoms with van der Waals surface area (Å²) in [6.07, 6.45) is 1.95. The molecule has 2 heterocycles. The van der Waals surface area contributed by atoms with Crippen LogP contribution >= 0.6 is 23.2 Å². The van der Waals surface area contributed by atoms with Crippen molar-refractivity contribution in [1.82, 2.24) is 5.01 Å². The lowest BCUT2D eigenvalue weighted by atomic mass is 10.0. The average molecular weight is 488 g/mol. The second kappa shape index (κ2) is 9.56. The summed E-state index contributed by atoms with van der Waals surface area (Å²) in [5, 5.41) is 6.51. The van der Waals surface area contributed by atoms with Crippen LogP contribution in [-0.4, -0.2) is 36.3 Å². The van der Waals surface area contributed by atoms with Gasteiger partial charge in [0.2, 0.25) is 0 Å². The summed E-state index contributed by atoms with van der Waals surface area (Å²) in [5.41, 5.74) is 7.56. The second-order valence-corrected chi connectivity index (χ2v) is 8.02. The van der Waals surface area contributed by atoms with Crippen LogP contribution in [0, 0.1) is 0 Å². The van der Waals surface area contributed by atoms with Crippen molar-refractivity contribution >= 4 is 46.5 Å². The van der Waals surface area contributed by atoms with Gasteiger partial charge in [0.1, 0.15) is 23.1 Å². The first-order valence-electron chi connectivity index (χ1n) is 9.86. The predicted molar refractivity (Wildman–Crippen MR) is 124 cm³/mol. The van der Waals surface area contributed by atoms with Crippen LogP contribution in [-0.2, 0) is 9.53 Å². The van der Waals surface area contributed by atoms with E-state index in [0.717, 1.165) is 5.56 Å². The maximum absolute atomic E-state index is 13.0. The third kappa shape index (κ3) is 4.81. The van der Waals surface area contributed by atoms with Crippen LogP contribution in [0.1, 0.15) is 34.1 Å². The third-order valence-corrected chi connectivity index (χ3v) is 5.66. The molecule has 1 aliphatic heterocycles. The molecule has 1 aliphatic rings. The molecule has 4 rings (SSSR count). The normalized spacial score (nSPS) is 15.3. The van der Waals surface area contributed by atoms with Crippen molar-refractivity contribution in [3.63, 3.8) is 0 Å². The number of amides is 1. The van der Waals surface area contributed by atoms with Crippen molar-refractivity contribution in [3.05, 3.63) is 81.7 Å². The quantitative estimate of drug-likeness (QED) is 0.398. The van der Waals surface area contributed by atoms with E-state index in [4.69, 9.17) is 42.8 Å². The zero-order valence-corrected chi connectivity index (χ0v) is 19.0. The largest absolute Gasteiger partial charge is 0.496 e. The molecule has 0 aliphatic carbocycles. The molecular formula is C23H19Cl2N3O5. The van der Waals surface area contributed by atoms with Crippen LogP contribution < -0.4 is 10.5 Å². The Hall–Kier alpha value is -3.49. The fraction of sp³-hybridized carbons (Fsp3) is 0.174. The number of carbonyl (C=O) groups excluding carboxylic acids is 2. The molecule has 3 aromatic rings. The molecule has 2 N–H and O–H groups in total. The van der Waals surface area contributed by atoms with Crippen molar-refractivity contribution in [1.29, 1.82) is 0 Å². The molecule has 170 valence electrons. The average Bonchev–Trinajstić information content (AvgIpc) is 3.49. The van der Waals surface area contributed by atoms with Crippen LogP contribution in [0.15, 0.2) is 64.3 Å². The number of hydrazone groups is 1. The predicted octanol–water partition coefficient (Wildman–Crippen LogP) is 4.71. The van der Waals surface area contributed by atoms with Gasteiger partial charge >= 0.3 is 5.97 Å². The first-order chi connectivity index (χ1) is 15.9. The van der Waals surface area contributed by atoms with Gasteiger partial charge in [-0.25, -0.2) is 9.80 Å². The second-order valence-electron chi connectivity index (χ2n) is 7.18. The van der Waals surface area contributed by atoms with E-state index in [1.165, 1.54) is 30.5 Å². The van der Waals surface area contributed by atoms with Gasteiger partial charge in [-0.15, -0.1) is 0 Å². The first kappa shape index (κ1) is 22.7. The van der Waals surface area contributed by atoms with Crippen molar-refractivity contribution in [3.8, 4) is 5.75 Å². The summed E-state index contributed by atoms with van der Waals surface area (Å²) >= 11 is 12.0. The standard InChI is InChI=1S/C23H19Cl2N3O5/c1-31-21-10-17(26)16(25)9-15(21)23(30)33-12-22(29)28-19(20-3-2-8-32-20)11-18(27-28)13-4-6-14(24)7-5-13/h2-10,19H,11-12,26H2,1H3/t19-/m0/s1. The van der Waals surface area contributed by atoms with Crippen LogP contribution in [0.3, 0.4) is 0 Å². The molecule has 33 heavy (non-hydrogen) atoms. The van der Waals surface area contributed by atoms with E-state index >= 15 is 0 Å². The molecule has 8 nitrogen and oxygen atoms in total. The van der Waals surface area contributed by atoms with Crippen LogP contribution in [0.2, 0.25) is 10.0 Å². The van der Waals surface area contributed by atoms with E-state index in [2.05, 4.69) is 5.10 Å². The number of anilines is 1. The summed E-state index contributed by atoms with van der Waals surface area (Å²) in [4.78, 5) is 25.6. The lowest BCUT2D eigenvalue weighted by molar-refractivity contribution is -0.136. The van der Waals surface area contributed by atoms with Gasteiger partial charge in [0, 0.05) is 17.5 Å². The van der Waals surface area contributed by atoms with Crippen LogP contribution in [0.25, 0.3) is 0 Å². The fourth-order valence-corrected chi connectivity index (χ4v) is 3.72. The summed E-state index contributed by atoms with van der Waals surface area (Å²) in [7, 11) is 1.38. The van der Waals surface area contributed by atoms with Crippen LogP contribution in [0.5, 0.6) is 5.75 Å². The lowest BCUT2D eigenvalue weighted by Gasteiger charge is -2.19. The molecule has 0 bridgehead atoms. The minimum atomic E-state index is -0.780. The van der Waals surface area contributed by atoms with E-state index < -0.39 is 24.5 Å². The lowest BCUT2D eigenvalue weighted by Crippen LogP contribution is -2.31. The van der Waals surface area contributed by atoms with Gasteiger partial charge in [-0.05, 0) is 35.9 Å². The number of nitrogens with zero attached hydrogens (tertiary/aromatic N) is 2. The molecule has 0 fully saturated rings. The number of ether oxygens (including phenoxy) is 2. The number of halogens is 2. The Morgan fingerprint density at radius 2 is 1.97 bits per heavy atom. The molecule has 1 aromatic heterocycles. The highest BCUT2D eigenvalue weighted by Gasteiger charge is 2.35. The Kier molecular flexibility index (Phi) is 6.57. The van der Waals surface area contributed by atoms with Gasteiger partial charge in [-0.2, -0.15) is 5.10 Å². The number of nitrogens with two attached hydrogens (primary N) is 1. The Morgan fingerprint density at radius 3 is 2.64 bits per heavy atom. The molecule has 2 aromatic carbocycles. The number of furan rings is 1. The minimum absolute atomic E-state index is 0.0545. The number of rotatable bonds is 6. The molecule has 1 atom stereocenters. The topological polar surface area (TPSA) is 107 Å². The highest BCUT2D eigenvalue weighted by Crippen LogP contribution is 2.34. The van der Waals surface area contributed by atoms with Gasteiger partial charge in [0.05, 0.1) is 29.8 Å². The van der Waals surface area contributed by atoms with Gasteiger partial charge in [0.15, 0.2) is 6.61 Å². The molecule has 1 amide bonds. The fourth-order valence-electron chi connectivity index (χ4n) is 3.43. The number of hydrogen-bond donors (Lipinski definition) is 1. The van der Waals surface area contributed by atoms with E-state index in [-0.39, 0.29) is 22.0 Å². The Morgan fingerprint density at radius 1 is 1.21 bits per heavy atom. The molecule has 0 saturated carbocycles. The van der Waals surface area contributed by atoms with Crippen molar-refractivity contribution < 1.29 is 23.5 Å². The highest BCUT2D eigenvalue weighted by molar-refractivity contribution is 6.33. The molecule has 10 heteroatoms. The number of carbonyl (C=O) groups is 2. The molecule has 0 unspecified atom stereocenters. The number of nitrogen functional groups attached to an aromatic ring is 1. The van der Waals surface area contributed by atoms with Crippen molar-refractivity contribution in [2.75, 3.05) is 19.5 Å². The number of methoxy groups -OCH3 is 1. The summed E-state index contributed by atoms with van der Waals surface area (Å²) in [6, 6.07) is 12.9. The maximum atomic E-state index is 13.0. The third-order valence-electron chi connectivity index (χ3n) is 5.08. The highest BCUT2D eigenvalue weighted by atomic mass is 35.5. The Labute approximate surface area is 199 Å². The van der Waals surface area contributed by atoms with Crippen molar-refractivity contribution in [2.24, 2.45) is 5.10 Å². The molecule has 0 saturated heterocycles. The Bertz CT molecular complexity index is 1210. The molecule has 0 spiro atoms. The number of hydrogen-bond acceptors (Lipinski definition) is 7. The van der Waals surface area contributed by atoms with E-state index in [1.807, 2.05) is 12.1 Å². The van der Waals surface area contributed by atoms with Crippen molar-refractivity contribution in [2.45, 2.75) is 12.5 Å². The van der Waals surface area contributed by atoms with Gasteiger partial charge < -0.3 is 19.6 Å². The molecule has 0 radical (unpaired) electrons. The maximum Gasteiger partial charge on any atom is 0.342 e. The van der Waals surface area contributed by atoms with E-state index in [0.29, 0.717) is 22.9 Å². The van der Waals surface area contributed by atoms with Gasteiger partial charge in [-0.3, -0.25) is 4.79 Å². The minimum Gasteiger partial charge on any atom is -0.496 e. The smallest absolute Gasteiger partial charge is 0.342 e. The summed E-state index contributed by atoms with van der Waals surface area (Å²) in [5.74, 6) is -0.548. The monoisotopic (exact) mass is 487 g/mol. The summed E-state index contributed by atoms with van der Waals surface area (Å²) < 4.78 is 15.9. The Balaban J connectivity index is 1.53. The number of esters is 1. The first-order valence-corrected chi connectivity index (χ1v) is 10.6. The summed E-state index contributed by atoms with van der Waals surface area (Å²) in [6.45, 7) is -0.543. The van der Waals surface area contributed by atoms with Crippen LogP contribution in [0.4, 0.5) is 5.69 Å². The van der Waals surface area contributed by atoms with Gasteiger partial charge in [0.25, 0.3) is 5.91 Å². The van der Waals surface area contributed by atoms with Gasteiger partial charge in [-0.1, -0.05) is 35.3 Å². The zero-order chi connectivity index (χ0) is 23.5.